The Hall–Kier alpha value is -3.94. The average molecular weight is 569 g/mol. The standard InChI is InChI=1S/C25H24F4N4O5S/c26-19-11-10-17(12-18(19)25(27,28)29)32-24(36)31-16-8-6-15(7-9-16)30-20-21(23(35)22(20)34)33-39(37,38)13-14-4-2-1-3-5-14/h1-5,10-12,15-16,30,33H,6-9,13H2,(H2,31,32,36). The van der Waals surface area contributed by atoms with Crippen molar-refractivity contribution in [1.29, 1.82) is 0 Å². The van der Waals surface area contributed by atoms with E-state index >= 15 is 0 Å². The first-order valence-corrected chi connectivity index (χ1v) is 13.6. The number of nitrogens with one attached hydrogen (secondary N) is 4. The summed E-state index contributed by atoms with van der Waals surface area (Å²) in [7, 11) is -3.94. The Bertz CT molecular complexity index is 1530. The second kappa shape index (κ2) is 11.0. The number of hydrogen-bond acceptors (Lipinski definition) is 6. The Labute approximate surface area is 220 Å². The highest BCUT2D eigenvalue weighted by molar-refractivity contribution is 7.91. The van der Waals surface area contributed by atoms with E-state index in [1.165, 1.54) is 0 Å². The minimum Gasteiger partial charge on any atom is -0.377 e. The molecule has 2 amide bonds. The highest BCUT2D eigenvalue weighted by Crippen LogP contribution is 2.33. The molecular weight excluding hydrogens is 544 g/mol. The van der Waals surface area contributed by atoms with Gasteiger partial charge in [-0.1, -0.05) is 30.3 Å². The largest absolute Gasteiger partial charge is 0.419 e. The van der Waals surface area contributed by atoms with Gasteiger partial charge < -0.3 is 16.0 Å². The van der Waals surface area contributed by atoms with Gasteiger partial charge in [0.1, 0.15) is 17.2 Å². The van der Waals surface area contributed by atoms with Crippen molar-refractivity contribution >= 4 is 33.1 Å². The van der Waals surface area contributed by atoms with Crippen LogP contribution in [0.1, 0.15) is 36.8 Å². The molecule has 4 N–H and O–H groups in total. The Morgan fingerprint density at radius 1 is 0.897 bits per heavy atom. The number of amides is 2. The van der Waals surface area contributed by atoms with E-state index in [1.54, 1.807) is 30.3 Å². The quantitative estimate of drug-likeness (QED) is 0.241. The zero-order chi connectivity index (χ0) is 28.4. The first-order chi connectivity index (χ1) is 18.3. The first-order valence-electron chi connectivity index (χ1n) is 11.9. The highest BCUT2D eigenvalue weighted by Gasteiger charge is 2.34. The van der Waals surface area contributed by atoms with E-state index in [0.717, 1.165) is 6.07 Å². The molecule has 0 radical (unpaired) electrons. The molecule has 0 spiro atoms. The second-order valence-electron chi connectivity index (χ2n) is 9.24. The molecule has 9 nitrogen and oxygen atoms in total. The van der Waals surface area contributed by atoms with Crippen molar-refractivity contribution in [2.45, 2.75) is 49.7 Å². The minimum atomic E-state index is -4.91. The predicted octanol–water partition coefficient (Wildman–Crippen LogP) is 3.93. The number of carbonyl (C=O) groups is 1. The zero-order valence-corrected chi connectivity index (χ0v) is 21.1. The normalized spacial score (nSPS) is 17.9. The Morgan fingerprint density at radius 2 is 1.51 bits per heavy atom. The van der Waals surface area contributed by atoms with Gasteiger partial charge in [0.2, 0.25) is 10.0 Å². The lowest BCUT2D eigenvalue weighted by molar-refractivity contribution is -0.139. The molecule has 0 unspecified atom stereocenters. The number of alkyl halides is 3. The van der Waals surface area contributed by atoms with Crippen molar-refractivity contribution in [3.8, 4) is 0 Å². The van der Waals surface area contributed by atoms with E-state index in [0.29, 0.717) is 43.4 Å². The molecule has 3 aromatic carbocycles. The van der Waals surface area contributed by atoms with Crippen LogP contribution in [0.5, 0.6) is 0 Å². The molecule has 1 saturated carbocycles. The molecule has 0 aliphatic heterocycles. The van der Waals surface area contributed by atoms with Crippen molar-refractivity contribution in [3.05, 3.63) is 85.9 Å². The van der Waals surface area contributed by atoms with E-state index < -0.39 is 44.5 Å². The molecule has 3 aromatic rings. The van der Waals surface area contributed by atoms with Crippen LogP contribution in [-0.2, 0) is 22.0 Å². The SMILES string of the molecule is O=C(Nc1ccc(F)c(C(F)(F)F)c1)NC1CCC(Nc2c(NS(=O)(=O)Cc3ccccc3)c(=O)c2=O)CC1. The molecule has 0 bridgehead atoms. The second-order valence-corrected chi connectivity index (χ2v) is 11.0. The van der Waals surface area contributed by atoms with Crippen molar-refractivity contribution in [2.75, 3.05) is 15.4 Å². The van der Waals surface area contributed by atoms with E-state index in [1.807, 2.05) is 0 Å². The van der Waals surface area contributed by atoms with Crippen LogP contribution in [-0.4, -0.2) is 26.5 Å². The van der Waals surface area contributed by atoms with E-state index in [2.05, 4.69) is 20.7 Å². The number of benzene rings is 2. The fourth-order valence-electron chi connectivity index (χ4n) is 4.37. The Kier molecular flexibility index (Phi) is 7.95. The summed E-state index contributed by atoms with van der Waals surface area (Å²) in [5.74, 6) is -1.83. The maximum absolute atomic E-state index is 13.4. The van der Waals surface area contributed by atoms with Gasteiger partial charge in [-0.05, 0) is 49.4 Å². The number of halogens is 4. The van der Waals surface area contributed by atoms with Gasteiger partial charge in [0.25, 0.3) is 10.9 Å². The number of carbonyl (C=O) groups excluding carboxylic acids is 1. The third-order valence-electron chi connectivity index (χ3n) is 6.31. The summed E-state index contributed by atoms with van der Waals surface area (Å²) in [5.41, 5.74) is -3.39. The highest BCUT2D eigenvalue weighted by atomic mass is 32.2. The summed E-state index contributed by atoms with van der Waals surface area (Å²) < 4.78 is 79.3. The molecule has 1 aliphatic rings. The molecule has 0 saturated heterocycles. The minimum absolute atomic E-state index is 0.109. The zero-order valence-electron chi connectivity index (χ0n) is 20.3. The van der Waals surface area contributed by atoms with Crippen LogP contribution in [0, 0.1) is 5.82 Å². The Balaban J connectivity index is 1.29. The molecule has 1 fully saturated rings. The molecule has 0 atom stereocenters. The van der Waals surface area contributed by atoms with E-state index in [4.69, 9.17) is 0 Å². The van der Waals surface area contributed by atoms with Gasteiger partial charge in [-0.2, -0.15) is 13.2 Å². The topological polar surface area (TPSA) is 133 Å². The van der Waals surface area contributed by atoms with Gasteiger partial charge in [0, 0.05) is 17.8 Å². The monoisotopic (exact) mass is 568 g/mol. The smallest absolute Gasteiger partial charge is 0.377 e. The van der Waals surface area contributed by atoms with Gasteiger partial charge in [0.15, 0.2) is 0 Å². The lowest BCUT2D eigenvalue weighted by atomic mass is 9.91. The summed E-state index contributed by atoms with van der Waals surface area (Å²) in [5, 5.41) is 7.83. The van der Waals surface area contributed by atoms with Crippen LogP contribution in [0.25, 0.3) is 0 Å². The third-order valence-corrected chi connectivity index (χ3v) is 7.54. The lowest BCUT2D eigenvalue weighted by Gasteiger charge is -2.31. The molecule has 14 heteroatoms. The summed E-state index contributed by atoms with van der Waals surface area (Å²) in [6, 6.07) is 9.09. The van der Waals surface area contributed by atoms with Gasteiger partial charge in [0.05, 0.1) is 11.3 Å². The number of sulfonamides is 1. The number of anilines is 3. The maximum atomic E-state index is 13.4. The van der Waals surface area contributed by atoms with Crippen molar-refractivity contribution in [2.24, 2.45) is 0 Å². The molecule has 0 aromatic heterocycles. The molecule has 0 heterocycles. The van der Waals surface area contributed by atoms with Crippen LogP contribution in [0.3, 0.4) is 0 Å². The van der Waals surface area contributed by atoms with Gasteiger partial charge >= 0.3 is 12.2 Å². The van der Waals surface area contributed by atoms with Gasteiger partial charge in [-0.15, -0.1) is 0 Å². The summed E-state index contributed by atoms with van der Waals surface area (Å²) >= 11 is 0. The molecule has 4 rings (SSSR count). The van der Waals surface area contributed by atoms with Crippen LogP contribution in [0.2, 0.25) is 0 Å². The maximum Gasteiger partial charge on any atom is 0.419 e. The Morgan fingerprint density at radius 3 is 2.15 bits per heavy atom. The summed E-state index contributed by atoms with van der Waals surface area (Å²) in [6.45, 7) is 0. The summed E-state index contributed by atoms with van der Waals surface area (Å²) in [4.78, 5) is 36.4. The van der Waals surface area contributed by atoms with E-state index in [-0.39, 0.29) is 34.9 Å². The number of urea groups is 1. The molecule has 208 valence electrons. The van der Waals surface area contributed by atoms with Gasteiger partial charge in [-0.25, -0.2) is 17.6 Å². The van der Waals surface area contributed by atoms with Crippen LogP contribution in [0.15, 0.2) is 58.1 Å². The van der Waals surface area contributed by atoms with Crippen molar-refractivity contribution in [3.63, 3.8) is 0 Å². The van der Waals surface area contributed by atoms with Crippen molar-refractivity contribution < 1.29 is 30.8 Å². The number of rotatable bonds is 8. The van der Waals surface area contributed by atoms with Crippen LogP contribution in [0.4, 0.5) is 39.4 Å². The average Bonchev–Trinajstić information content (AvgIpc) is 2.87. The first kappa shape index (κ1) is 28.1. The number of hydrogen-bond donors (Lipinski definition) is 4. The molecule has 1 aliphatic carbocycles. The third kappa shape index (κ3) is 6.93. The van der Waals surface area contributed by atoms with Crippen LogP contribution >= 0.6 is 0 Å². The summed E-state index contributed by atoms with van der Waals surface area (Å²) in [6.07, 6.45) is -3.13. The van der Waals surface area contributed by atoms with Crippen LogP contribution < -0.4 is 31.5 Å². The predicted molar refractivity (Wildman–Crippen MR) is 137 cm³/mol. The molecular formula is C25H24F4N4O5S. The van der Waals surface area contributed by atoms with Gasteiger partial charge in [-0.3, -0.25) is 14.3 Å². The lowest BCUT2D eigenvalue weighted by Crippen LogP contribution is -2.44. The fourth-order valence-corrected chi connectivity index (χ4v) is 5.58. The molecule has 39 heavy (non-hydrogen) atoms. The fraction of sp³-hybridized carbons (Fsp3) is 0.320. The van der Waals surface area contributed by atoms with E-state index in [9.17, 15) is 40.4 Å². The van der Waals surface area contributed by atoms with Crippen molar-refractivity contribution in [1.82, 2.24) is 5.32 Å².